The maximum absolute atomic E-state index is 5.71. The van der Waals surface area contributed by atoms with Crippen molar-refractivity contribution >= 4 is 17.2 Å². The second-order valence-corrected chi connectivity index (χ2v) is 4.84. The van der Waals surface area contributed by atoms with E-state index in [0.717, 1.165) is 4.99 Å². The molecule has 0 amide bonds. The zero-order chi connectivity index (χ0) is 9.90. The summed E-state index contributed by atoms with van der Waals surface area (Å²) >= 11 is 5.19. The van der Waals surface area contributed by atoms with Crippen molar-refractivity contribution in [3.8, 4) is 0 Å². The molecule has 1 rings (SSSR count). The number of hydrogen-bond acceptors (Lipinski definition) is 2. The molecule has 1 fully saturated rings. The smallest absolute Gasteiger partial charge is 0.0924 e. The maximum atomic E-state index is 5.71. The van der Waals surface area contributed by atoms with E-state index in [4.69, 9.17) is 18.0 Å². The highest BCUT2D eigenvalue weighted by molar-refractivity contribution is 7.80. The van der Waals surface area contributed by atoms with Gasteiger partial charge in [-0.2, -0.15) is 0 Å². The first-order valence-corrected chi connectivity index (χ1v) is 5.52. The summed E-state index contributed by atoms with van der Waals surface area (Å²) in [5.41, 5.74) is 5.92. The minimum absolute atomic E-state index is 0.0197. The molecule has 2 nitrogen and oxygen atoms in total. The zero-order valence-corrected chi connectivity index (χ0v) is 9.41. The average molecular weight is 200 g/mol. The van der Waals surface area contributed by atoms with Crippen LogP contribution in [-0.4, -0.2) is 16.6 Å². The summed E-state index contributed by atoms with van der Waals surface area (Å²) in [5.74, 6) is 0. The predicted octanol–water partition coefficient (Wildman–Crippen LogP) is 1.97. The van der Waals surface area contributed by atoms with E-state index in [0.29, 0.717) is 0 Å². The molecule has 0 spiro atoms. The number of nitrogens with two attached hydrogens (primary N) is 1. The van der Waals surface area contributed by atoms with Crippen LogP contribution < -0.4 is 11.1 Å². The lowest BCUT2D eigenvalue weighted by atomic mass is 9.83. The van der Waals surface area contributed by atoms with E-state index in [1.54, 1.807) is 0 Å². The van der Waals surface area contributed by atoms with Crippen LogP contribution in [0.4, 0.5) is 0 Å². The molecule has 1 saturated carbocycles. The molecule has 0 aliphatic heterocycles. The van der Waals surface area contributed by atoms with Crippen LogP contribution >= 0.6 is 12.2 Å². The molecular weight excluding hydrogens is 180 g/mol. The molecule has 0 aromatic carbocycles. The van der Waals surface area contributed by atoms with Gasteiger partial charge in [-0.15, -0.1) is 0 Å². The van der Waals surface area contributed by atoms with Gasteiger partial charge in [0.2, 0.25) is 0 Å². The molecule has 1 aliphatic rings. The van der Waals surface area contributed by atoms with E-state index in [9.17, 15) is 0 Å². The Balaban J connectivity index is 2.45. The van der Waals surface area contributed by atoms with E-state index in [1.807, 2.05) is 6.92 Å². The third-order valence-electron chi connectivity index (χ3n) is 2.80. The Morgan fingerprint density at radius 3 is 2.38 bits per heavy atom. The van der Waals surface area contributed by atoms with Crippen LogP contribution in [0.15, 0.2) is 0 Å². The first-order valence-electron chi connectivity index (χ1n) is 5.11. The lowest BCUT2D eigenvalue weighted by molar-refractivity contribution is 0.290. The molecule has 1 atom stereocenters. The van der Waals surface area contributed by atoms with Gasteiger partial charge in [0.1, 0.15) is 0 Å². The van der Waals surface area contributed by atoms with Gasteiger partial charge in [-0.3, -0.25) is 0 Å². The summed E-state index contributed by atoms with van der Waals surface area (Å²) in [5, 5.41) is 3.40. The summed E-state index contributed by atoms with van der Waals surface area (Å²) in [7, 11) is 0. The molecule has 13 heavy (non-hydrogen) atoms. The summed E-state index contributed by atoms with van der Waals surface area (Å²) in [6.45, 7) is 4.18. The molecule has 0 radical (unpaired) electrons. The van der Waals surface area contributed by atoms with Crippen LogP contribution in [0.25, 0.3) is 0 Å². The quantitative estimate of drug-likeness (QED) is 0.669. The normalized spacial score (nSPS) is 23.6. The van der Waals surface area contributed by atoms with E-state index in [1.165, 1.54) is 32.1 Å². The molecule has 0 bridgehead atoms. The Hall–Kier alpha value is -0.150. The Morgan fingerprint density at radius 1 is 1.38 bits per heavy atom. The number of nitrogens with one attached hydrogen (secondary N) is 1. The highest BCUT2D eigenvalue weighted by Gasteiger charge is 2.27. The first kappa shape index (κ1) is 10.9. The molecule has 0 aromatic heterocycles. The monoisotopic (exact) mass is 200 g/mol. The van der Waals surface area contributed by atoms with E-state index >= 15 is 0 Å². The summed E-state index contributed by atoms with van der Waals surface area (Å²) in [6.07, 6.45) is 6.43. The van der Waals surface area contributed by atoms with Gasteiger partial charge in [-0.05, 0) is 26.7 Å². The van der Waals surface area contributed by atoms with Gasteiger partial charge in [0.25, 0.3) is 0 Å². The van der Waals surface area contributed by atoms with Crippen LogP contribution in [0.1, 0.15) is 46.0 Å². The number of rotatable bonds is 2. The summed E-state index contributed by atoms with van der Waals surface area (Å²) < 4.78 is 0. The summed E-state index contributed by atoms with van der Waals surface area (Å²) in [4.78, 5) is 0.810. The second kappa shape index (κ2) is 4.38. The molecule has 1 aliphatic carbocycles. The summed E-state index contributed by atoms with van der Waals surface area (Å²) in [6, 6.07) is -0.0197. The molecule has 0 heterocycles. The topological polar surface area (TPSA) is 38.0 Å². The minimum Gasteiger partial charge on any atom is -0.373 e. The fourth-order valence-corrected chi connectivity index (χ4v) is 2.11. The average Bonchev–Trinajstić information content (AvgIpc) is 2.04. The van der Waals surface area contributed by atoms with Crippen LogP contribution in [0.3, 0.4) is 0 Å². The Labute approximate surface area is 86.3 Å². The molecular formula is C10H20N2S. The fraction of sp³-hybridized carbons (Fsp3) is 0.900. The van der Waals surface area contributed by atoms with Crippen LogP contribution in [0.5, 0.6) is 0 Å². The largest absolute Gasteiger partial charge is 0.373 e. The third kappa shape index (κ3) is 3.24. The van der Waals surface area contributed by atoms with Crippen molar-refractivity contribution in [2.45, 2.75) is 57.5 Å². The van der Waals surface area contributed by atoms with Gasteiger partial charge in [-0.25, -0.2) is 0 Å². The van der Waals surface area contributed by atoms with Crippen molar-refractivity contribution in [2.75, 3.05) is 0 Å². The number of hydrogen-bond donors (Lipinski definition) is 2. The lowest BCUT2D eigenvalue weighted by Gasteiger charge is -2.36. The van der Waals surface area contributed by atoms with E-state index < -0.39 is 0 Å². The van der Waals surface area contributed by atoms with Crippen molar-refractivity contribution < 1.29 is 0 Å². The van der Waals surface area contributed by atoms with Gasteiger partial charge in [-0.1, -0.05) is 31.5 Å². The van der Waals surface area contributed by atoms with Crippen LogP contribution in [-0.2, 0) is 0 Å². The van der Waals surface area contributed by atoms with Gasteiger partial charge in [0.05, 0.1) is 11.0 Å². The van der Waals surface area contributed by atoms with Gasteiger partial charge in [0, 0.05) is 5.54 Å². The minimum atomic E-state index is -0.0197. The SMILES string of the molecule is CC(N)C(=S)NC1(C)CCCCC1. The standard InChI is InChI=1S/C10H20N2S/c1-8(11)9(13)12-10(2)6-4-3-5-7-10/h8H,3-7,11H2,1-2H3,(H,12,13). The van der Waals surface area contributed by atoms with Crippen molar-refractivity contribution in [2.24, 2.45) is 5.73 Å². The van der Waals surface area contributed by atoms with Crippen LogP contribution in [0.2, 0.25) is 0 Å². The highest BCUT2D eigenvalue weighted by atomic mass is 32.1. The van der Waals surface area contributed by atoms with Crippen molar-refractivity contribution in [1.29, 1.82) is 0 Å². The van der Waals surface area contributed by atoms with Crippen LogP contribution in [0, 0.1) is 0 Å². The fourth-order valence-electron chi connectivity index (χ4n) is 1.87. The third-order valence-corrected chi connectivity index (χ3v) is 3.27. The molecule has 1 unspecified atom stereocenters. The molecule has 3 heteroatoms. The lowest BCUT2D eigenvalue weighted by Crippen LogP contribution is -2.51. The van der Waals surface area contributed by atoms with E-state index in [2.05, 4.69) is 12.2 Å². The maximum Gasteiger partial charge on any atom is 0.0924 e. The highest BCUT2D eigenvalue weighted by Crippen LogP contribution is 2.27. The molecule has 3 N–H and O–H groups in total. The number of thiocarbonyl (C=S) groups is 1. The Kier molecular flexibility index (Phi) is 3.68. The predicted molar refractivity (Wildman–Crippen MR) is 60.9 cm³/mol. The van der Waals surface area contributed by atoms with Gasteiger partial charge in [0.15, 0.2) is 0 Å². The van der Waals surface area contributed by atoms with E-state index in [-0.39, 0.29) is 11.6 Å². The zero-order valence-electron chi connectivity index (χ0n) is 8.60. The van der Waals surface area contributed by atoms with Gasteiger partial charge < -0.3 is 11.1 Å². The van der Waals surface area contributed by atoms with Gasteiger partial charge >= 0.3 is 0 Å². The molecule has 76 valence electrons. The molecule has 0 saturated heterocycles. The second-order valence-electron chi connectivity index (χ2n) is 4.40. The Morgan fingerprint density at radius 2 is 1.92 bits per heavy atom. The van der Waals surface area contributed by atoms with Crippen molar-refractivity contribution in [3.05, 3.63) is 0 Å². The van der Waals surface area contributed by atoms with Crippen molar-refractivity contribution in [1.82, 2.24) is 5.32 Å². The molecule has 0 aromatic rings. The first-order chi connectivity index (χ1) is 6.03. The Bertz CT molecular complexity index is 183. The van der Waals surface area contributed by atoms with Crippen molar-refractivity contribution in [3.63, 3.8) is 0 Å².